The minimum atomic E-state index is -3.32. The van der Waals surface area contributed by atoms with E-state index in [1.54, 1.807) is 49.4 Å². The molecule has 0 aliphatic heterocycles. The van der Waals surface area contributed by atoms with Crippen LogP contribution in [0.25, 0.3) is 22.6 Å². The molecule has 4 rings (SSSR count). The van der Waals surface area contributed by atoms with Gasteiger partial charge in [0.25, 0.3) is 5.91 Å². The number of nitrogens with zero attached hydrogens (tertiary/aromatic N) is 1. The molecule has 0 atom stereocenters. The Kier molecular flexibility index (Phi) is 4.48. The predicted molar refractivity (Wildman–Crippen MR) is 104 cm³/mol. The number of sulfone groups is 1. The Morgan fingerprint density at radius 3 is 2.71 bits per heavy atom. The molecule has 8 heteroatoms. The molecule has 1 N–H and O–H groups in total. The third-order valence-electron chi connectivity index (χ3n) is 4.21. The lowest BCUT2D eigenvalue weighted by Gasteiger charge is -2.04. The van der Waals surface area contributed by atoms with Crippen molar-refractivity contribution >= 4 is 32.5 Å². The maximum absolute atomic E-state index is 12.1. The van der Waals surface area contributed by atoms with Crippen molar-refractivity contribution in [1.82, 2.24) is 4.98 Å². The smallest absolute Gasteiger partial charge is 0.291 e. The Hall–Kier alpha value is -3.39. The lowest BCUT2D eigenvalue weighted by Crippen LogP contribution is -2.10. The summed E-state index contributed by atoms with van der Waals surface area (Å²) in [6.07, 6.45) is 1.43. The van der Waals surface area contributed by atoms with Gasteiger partial charge in [-0.15, -0.1) is 0 Å². The molecule has 0 radical (unpaired) electrons. The normalized spacial score (nSPS) is 11.6. The van der Waals surface area contributed by atoms with Gasteiger partial charge >= 0.3 is 0 Å². The second kappa shape index (κ2) is 6.97. The molecular formula is C20H16N2O5S. The molecule has 0 spiro atoms. The van der Waals surface area contributed by atoms with E-state index in [2.05, 4.69) is 10.3 Å². The van der Waals surface area contributed by atoms with Crippen LogP contribution in [0.3, 0.4) is 0 Å². The molecule has 28 heavy (non-hydrogen) atoms. The molecule has 2 aromatic heterocycles. The van der Waals surface area contributed by atoms with Gasteiger partial charge in [-0.1, -0.05) is 13.0 Å². The zero-order chi connectivity index (χ0) is 19.7. The van der Waals surface area contributed by atoms with Gasteiger partial charge in [0.15, 0.2) is 21.2 Å². The average Bonchev–Trinajstić information content (AvgIpc) is 3.37. The van der Waals surface area contributed by atoms with E-state index in [1.165, 1.54) is 18.4 Å². The fraction of sp³-hybridized carbons (Fsp3) is 0.100. The summed E-state index contributed by atoms with van der Waals surface area (Å²) in [6.45, 7) is 1.59. The molecule has 0 bridgehead atoms. The summed E-state index contributed by atoms with van der Waals surface area (Å²) in [5, 5.41) is 2.74. The lowest BCUT2D eigenvalue weighted by molar-refractivity contribution is 0.0996. The zero-order valence-electron chi connectivity index (χ0n) is 14.9. The van der Waals surface area contributed by atoms with E-state index in [0.29, 0.717) is 28.2 Å². The van der Waals surface area contributed by atoms with Crippen molar-refractivity contribution in [3.05, 3.63) is 66.6 Å². The number of carbonyl (C=O) groups excluding carboxylic acids is 1. The summed E-state index contributed by atoms with van der Waals surface area (Å²) < 4.78 is 34.9. The van der Waals surface area contributed by atoms with E-state index in [9.17, 15) is 13.2 Å². The van der Waals surface area contributed by atoms with Crippen LogP contribution in [-0.4, -0.2) is 25.1 Å². The first kappa shape index (κ1) is 18.0. The van der Waals surface area contributed by atoms with Crippen molar-refractivity contribution in [2.75, 3.05) is 11.1 Å². The van der Waals surface area contributed by atoms with E-state index < -0.39 is 9.84 Å². The second-order valence-corrected chi connectivity index (χ2v) is 8.34. The molecule has 0 aliphatic rings. The Balaban J connectivity index is 1.65. The number of benzene rings is 2. The van der Waals surface area contributed by atoms with E-state index in [-0.39, 0.29) is 22.3 Å². The summed E-state index contributed by atoms with van der Waals surface area (Å²) >= 11 is 0. The molecule has 1 amide bonds. The minimum absolute atomic E-state index is 0.0145. The monoisotopic (exact) mass is 396 g/mol. The molecule has 0 aliphatic carbocycles. The highest BCUT2D eigenvalue weighted by atomic mass is 32.2. The molecule has 0 saturated heterocycles. The van der Waals surface area contributed by atoms with Gasteiger partial charge in [0, 0.05) is 11.3 Å². The highest BCUT2D eigenvalue weighted by molar-refractivity contribution is 7.91. The molecule has 7 nitrogen and oxygen atoms in total. The van der Waals surface area contributed by atoms with Crippen LogP contribution >= 0.6 is 0 Å². The third kappa shape index (κ3) is 3.41. The highest BCUT2D eigenvalue weighted by Crippen LogP contribution is 2.28. The van der Waals surface area contributed by atoms with Gasteiger partial charge in [-0.05, 0) is 48.5 Å². The first-order valence-electron chi connectivity index (χ1n) is 8.55. The Morgan fingerprint density at radius 2 is 1.96 bits per heavy atom. The molecule has 0 unspecified atom stereocenters. The molecule has 2 heterocycles. The van der Waals surface area contributed by atoms with Gasteiger partial charge < -0.3 is 14.2 Å². The molecule has 4 aromatic rings. The number of amides is 1. The number of hydrogen-bond acceptors (Lipinski definition) is 6. The van der Waals surface area contributed by atoms with Crippen LogP contribution in [0.2, 0.25) is 0 Å². The number of oxazole rings is 1. The molecule has 0 saturated carbocycles. The average molecular weight is 396 g/mol. The topological polar surface area (TPSA) is 102 Å². The van der Waals surface area contributed by atoms with E-state index in [0.717, 1.165) is 0 Å². The Bertz CT molecular complexity index is 1260. The summed E-state index contributed by atoms with van der Waals surface area (Å²) in [4.78, 5) is 16.7. The third-order valence-corrected chi connectivity index (χ3v) is 5.94. The molecule has 2 aromatic carbocycles. The lowest BCUT2D eigenvalue weighted by atomic mass is 10.2. The number of nitrogens with one attached hydrogen (secondary N) is 1. The van der Waals surface area contributed by atoms with Gasteiger partial charge in [0.05, 0.1) is 16.9 Å². The summed E-state index contributed by atoms with van der Waals surface area (Å²) in [5.74, 6) is 0.182. The van der Waals surface area contributed by atoms with Gasteiger partial charge in [-0.25, -0.2) is 13.4 Å². The standard InChI is InChI=1S/C20H16N2O5S/c1-2-28(24,25)15-8-9-17-16(12-15)22-20(27-17)13-5-3-6-14(11-13)21-19(23)18-7-4-10-26-18/h3-12H,2H2,1H3,(H,21,23). The van der Waals surface area contributed by atoms with Crippen molar-refractivity contribution in [1.29, 1.82) is 0 Å². The van der Waals surface area contributed by atoms with E-state index in [4.69, 9.17) is 8.83 Å². The fourth-order valence-corrected chi connectivity index (χ4v) is 3.62. The first-order chi connectivity index (χ1) is 13.5. The number of carbonyl (C=O) groups is 1. The number of furan rings is 1. The van der Waals surface area contributed by atoms with Crippen molar-refractivity contribution in [3.63, 3.8) is 0 Å². The molecule has 142 valence electrons. The minimum Gasteiger partial charge on any atom is -0.459 e. The number of fused-ring (bicyclic) bond motifs is 1. The van der Waals surface area contributed by atoms with Crippen LogP contribution in [0, 0.1) is 0 Å². The number of aromatic nitrogens is 1. The van der Waals surface area contributed by atoms with Crippen molar-refractivity contribution in [2.45, 2.75) is 11.8 Å². The van der Waals surface area contributed by atoms with Crippen LogP contribution in [0.15, 0.2) is 74.6 Å². The van der Waals surface area contributed by atoms with Crippen LogP contribution in [0.1, 0.15) is 17.5 Å². The van der Waals surface area contributed by atoms with Crippen molar-refractivity contribution < 1.29 is 22.0 Å². The quantitative estimate of drug-likeness (QED) is 0.544. The van der Waals surface area contributed by atoms with E-state index in [1.807, 2.05) is 0 Å². The predicted octanol–water partition coefficient (Wildman–Crippen LogP) is 4.13. The van der Waals surface area contributed by atoms with Gasteiger partial charge in [-0.3, -0.25) is 4.79 Å². The maximum Gasteiger partial charge on any atom is 0.291 e. The summed E-state index contributed by atoms with van der Waals surface area (Å²) in [6, 6.07) is 14.8. The summed E-state index contributed by atoms with van der Waals surface area (Å²) in [7, 11) is -3.32. The van der Waals surface area contributed by atoms with Gasteiger partial charge in [-0.2, -0.15) is 0 Å². The first-order valence-corrected chi connectivity index (χ1v) is 10.2. The Labute approximate surface area is 160 Å². The zero-order valence-corrected chi connectivity index (χ0v) is 15.7. The SMILES string of the molecule is CCS(=O)(=O)c1ccc2oc(-c3cccc(NC(=O)c4ccco4)c3)nc2c1. The van der Waals surface area contributed by atoms with Crippen molar-refractivity contribution in [3.8, 4) is 11.5 Å². The van der Waals surface area contributed by atoms with Crippen LogP contribution < -0.4 is 5.32 Å². The van der Waals surface area contributed by atoms with Crippen LogP contribution in [-0.2, 0) is 9.84 Å². The second-order valence-electron chi connectivity index (χ2n) is 6.06. The van der Waals surface area contributed by atoms with E-state index >= 15 is 0 Å². The van der Waals surface area contributed by atoms with Gasteiger partial charge in [0.2, 0.25) is 5.89 Å². The van der Waals surface area contributed by atoms with Gasteiger partial charge in [0.1, 0.15) is 5.52 Å². The van der Waals surface area contributed by atoms with Crippen LogP contribution in [0.4, 0.5) is 5.69 Å². The number of rotatable bonds is 5. The molecular weight excluding hydrogens is 380 g/mol. The Morgan fingerprint density at radius 1 is 1.11 bits per heavy atom. The van der Waals surface area contributed by atoms with Crippen LogP contribution in [0.5, 0.6) is 0 Å². The highest BCUT2D eigenvalue weighted by Gasteiger charge is 2.16. The molecule has 0 fully saturated rings. The fourth-order valence-electron chi connectivity index (χ4n) is 2.72. The summed E-state index contributed by atoms with van der Waals surface area (Å²) in [5.41, 5.74) is 2.13. The number of anilines is 1. The number of hydrogen-bond donors (Lipinski definition) is 1. The maximum atomic E-state index is 12.1. The van der Waals surface area contributed by atoms with Crippen molar-refractivity contribution in [2.24, 2.45) is 0 Å². The largest absolute Gasteiger partial charge is 0.459 e.